The van der Waals surface area contributed by atoms with Gasteiger partial charge in [0.25, 0.3) is 5.91 Å². The molecule has 4 rings (SSSR count). The Hall–Kier alpha value is -3.96. The average molecular weight is 459 g/mol. The van der Waals surface area contributed by atoms with Crippen LogP contribution in [0.2, 0.25) is 0 Å². The molecule has 0 radical (unpaired) electrons. The van der Waals surface area contributed by atoms with Gasteiger partial charge >= 0.3 is 12.2 Å². The highest BCUT2D eigenvalue weighted by molar-refractivity contribution is 6.04. The van der Waals surface area contributed by atoms with E-state index in [1.165, 1.54) is 12.4 Å². The second-order valence-electron chi connectivity index (χ2n) is 7.53. The first-order valence-electron chi connectivity index (χ1n) is 10.1. The molecule has 0 atom stereocenters. The van der Waals surface area contributed by atoms with E-state index in [0.717, 1.165) is 5.39 Å². The molecule has 0 aliphatic rings. The molecule has 33 heavy (non-hydrogen) atoms. The number of carbonyl (C=O) groups is 1. The number of amides is 1. The SMILES string of the molecule is CC(C)n1cc(C(=O)Nc2cc3[nH]c(-c4ccnc(OCCC(F)(F)F)n4)cc3cn2)cn1. The van der Waals surface area contributed by atoms with Gasteiger partial charge in [-0.05, 0) is 26.0 Å². The van der Waals surface area contributed by atoms with Gasteiger partial charge in [0.1, 0.15) is 12.4 Å². The van der Waals surface area contributed by atoms with Crippen molar-refractivity contribution >= 4 is 22.6 Å². The Bertz CT molecular complexity index is 1280. The van der Waals surface area contributed by atoms with Gasteiger partial charge in [-0.15, -0.1) is 0 Å². The van der Waals surface area contributed by atoms with E-state index in [9.17, 15) is 18.0 Å². The van der Waals surface area contributed by atoms with E-state index in [0.29, 0.717) is 28.3 Å². The zero-order valence-electron chi connectivity index (χ0n) is 17.7. The lowest BCUT2D eigenvalue weighted by Crippen LogP contribution is -2.13. The molecule has 4 aromatic heterocycles. The topological polar surface area (TPSA) is 111 Å². The third kappa shape index (κ3) is 5.45. The van der Waals surface area contributed by atoms with Crippen LogP contribution in [0.4, 0.5) is 19.0 Å². The maximum atomic E-state index is 12.5. The van der Waals surface area contributed by atoms with Crippen LogP contribution in [-0.4, -0.2) is 48.4 Å². The van der Waals surface area contributed by atoms with Gasteiger partial charge < -0.3 is 15.0 Å². The van der Waals surface area contributed by atoms with Crippen molar-refractivity contribution in [3.05, 3.63) is 48.5 Å². The third-order valence-corrected chi connectivity index (χ3v) is 4.66. The first-order valence-corrected chi connectivity index (χ1v) is 10.1. The van der Waals surface area contributed by atoms with Crippen molar-refractivity contribution in [2.45, 2.75) is 32.5 Å². The maximum Gasteiger partial charge on any atom is 0.392 e. The zero-order valence-corrected chi connectivity index (χ0v) is 17.7. The molecule has 9 nitrogen and oxygen atoms in total. The Morgan fingerprint density at radius 3 is 2.79 bits per heavy atom. The molecule has 0 spiro atoms. The number of carbonyl (C=O) groups excluding carboxylic acids is 1. The summed E-state index contributed by atoms with van der Waals surface area (Å²) >= 11 is 0. The number of hydrogen-bond donors (Lipinski definition) is 2. The molecule has 1 amide bonds. The van der Waals surface area contributed by atoms with Crippen LogP contribution >= 0.6 is 0 Å². The highest BCUT2D eigenvalue weighted by Crippen LogP contribution is 2.25. The zero-order chi connectivity index (χ0) is 23.6. The fourth-order valence-corrected chi connectivity index (χ4v) is 2.98. The fraction of sp³-hybridized carbons (Fsp3) is 0.286. The highest BCUT2D eigenvalue weighted by Gasteiger charge is 2.27. The van der Waals surface area contributed by atoms with Crippen molar-refractivity contribution < 1.29 is 22.7 Å². The molecule has 0 saturated heterocycles. The summed E-state index contributed by atoms with van der Waals surface area (Å²) in [4.78, 5) is 27.9. The molecule has 12 heteroatoms. The van der Waals surface area contributed by atoms with Crippen molar-refractivity contribution in [2.24, 2.45) is 0 Å². The summed E-state index contributed by atoms with van der Waals surface area (Å²) in [6.45, 7) is 3.35. The van der Waals surface area contributed by atoms with Gasteiger partial charge in [-0.3, -0.25) is 9.48 Å². The Kier molecular flexibility index (Phi) is 5.99. The highest BCUT2D eigenvalue weighted by atomic mass is 19.4. The van der Waals surface area contributed by atoms with Gasteiger partial charge in [-0.2, -0.15) is 23.3 Å². The van der Waals surface area contributed by atoms with Crippen LogP contribution in [0.1, 0.15) is 36.7 Å². The average Bonchev–Trinajstić information content (AvgIpc) is 3.40. The Morgan fingerprint density at radius 2 is 2.06 bits per heavy atom. The minimum absolute atomic E-state index is 0.135. The molecule has 172 valence electrons. The molecule has 0 bridgehead atoms. The van der Waals surface area contributed by atoms with Gasteiger partial charge in [-0.25, -0.2) is 9.97 Å². The second-order valence-corrected chi connectivity index (χ2v) is 7.53. The van der Waals surface area contributed by atoms with Crippen molar-refractivity contribution in [3.8, 4) is 17.4 Å². The molecule has 0 fully saturated rings. The van der Waals surface area contributed by atoms with Crippen molar-refractivity contribution in [2.75, 3.05) is 11.9 Å². The smallest absolute Gasteiger partial charge is 0.392 e. The van der Waals surface area contributed by atoms with Crippen LogP contribution in [0.25, 0.3) is 22.3 Å². The number of halogens is 3. The van der Waals surface area contributed by atoms with Crippen molar-refractivity contribution in [1.82, 2.24) is 29.7 Å². The number of nitrogens with zero attached hydrogens (tertiary/aromatic N) is 5. The minimum atomic E-state index is -4.32. The number of H-pyrrole nitrogens is 1. The molecule has 2 N–H and O–H groups in total. The normalized spacial score (nSPS) is 11.8. The Morgan fingerprint density at radius 1 is 1.24 bits per heavy atom. The Labute approximate surface area is 186 Å². The van der Waals surface area contributed by atoms with Crippen molar-refractivity contribution in [1.29, 1.82) is 0 Å². The molecule has 0 saturated carbocycles. The van der Waals surface area contributed by atoms with Gasteiger partial charge in [0, 0.05) is 36.1 Å². The molecule has 0 aliphatic heterocycles. The number of alkyl halides is 3. The first kappa shape index (κ1) is 22.2. The number of ether oxygens (including phenoxy) is 1. The van der Waals surface area contributed by atoms with Crippen LogP contribution < -0.4 is 10.1 Å². The number of hydrogen-bond acceptors (Lipinski definition) is 6. The first-order chi connectivity index (χ1) is 15.7. The van der Waals surface area contributed by atoms with Crippen LogP contribution in [-0.2, 0) is 0 Å². The summed E-state index contributed by atoms with van der Waals surface area (Å²) in [6.07, 6.45) is 0.733. The standard InChI is InChI=1S/C21H20F3N7O2/c1-12(2)31-11-14(10-27-31)19(32)30-18-8-16-13(9-26-18)7-17(28-16)15-3-5-25-20(29-15)33-6-4-21(22,23)24/h3,5,7-12,28H,4,6H2,1-2H3,(H,26,30,32). The van der Waals surface area contributed by atoms with Crippen LogP contribution in [0.5, 0.6) is 6.01 Å². The Balaban J connectivity index is 1.49. The molecular formula is C21H20F3N7O2. The lowest BCUT2D eigenvalue weighted by atomic mass is 10.2. The second kappa shape index (κ2) is 8.88. The third-order valence-electron chi connectivity index (χ3n) is 4.66. The van der Waals surface area contributed by atoms with E-state index in [4.69, 9.17) is 4.74 Å². The molecule has 0 unspecified atom stereocenters. The van der Waals surface area contributed by atoms with Crippen LogP contribution in [0.15, 0.2) is 43.0 Å². The van der Waals surface area contributed by atoms with E-state index in [-0.39, 0.29) is 18.0 Å². The molecule has 4 aromatic rings. The molecule has 0 aromatic carbocycles. The molecular weight excluding hydrogens is 439 g/mol. The number of nitrogens with one attached hydrogen (secondary N) is 2. The number of rotatable bonds is 7. The van der Waals surface area contributed by atoms with Crippen molar-refractivity contribution in [3.63, 3.8) is 0 Å². The number of anilines is 1. The lowest BCUT2D eigenvalue weighted by molar-refractivity contribution is -0.139. The van der Waals surface area contributed by atoms with Gasteiger partial charge in [0.15, 0.2) is 0 Å². The summed E-state index contributed by atoms with van der Waals surface area (Å²) in [6, 6.07) is 5.04. The summed E-state index contributed by atoms with van der Waals surface area (Å²) in [5.41, 5.74) is 2.13. The lowest BCUT2D eigenvalue weighted by Gasteiger charge is -2.07. The predicted molar refractivity (Wildman–Crippen MR) is 114 cm³/mol. The van der Waals surface area contributed by atoms with E-state index in [1.807, 2.05) is 13.8 Å². The summed E-state index contributed by atoms with van der Waals surface area (Å²) in [5, 5.41) is 7.65. The minimum Gasteiger partial charge on any atom is -0.463 e. The van der Waals surface area contributed by atoms with E-state index in [2.05, 4.69) is 30.4 Å². The number of aromatic amines is 1. The van der Waals surface area contributed by atoms with Gasteiger partial charge in [-0.1, -0.05) is 0 Å². The van der Waals surface area contributed by atoms with Crippen LogP contribution in [0, 0.1) is 0 Å². The summed E-state index contributed by atoms with van der Waals surface area (Å²) in [7, 11) is 0. The number of pyridine rings is 1. The van der Waals surface area contributed by atoms with Crippen LogP contribution in [0.3, 0.4) is 0 Å². The van der Waals surface area contributed by atoms with Gasteiger partial charge in [0.05, 0.1) is 35.1 Å². The maximum absolute atomic E-state index is 12.5. The summed E-state index contributed by atoms with van der Waals surface area (Å²) in [5.74, 6) is 0.00837. The molecule has 4 heterocycles. The van der Waals surface area contributed by atoms with E-state index in [1.54, 1.807) is 35.3 Å². The van der Waals surface area contributed by atoms with E-state index < -0.39 is 19.2 Å². The number of fused-ring (bicyclic) bond motifs is 1. The number of aromatic nitrogens is 6. The van der Waals surface area contributed by atoms with E-state index >= 15 is 0 Å². The predicted octanol–water partition coefficient (Wildman–Crippen LogP) is 4.38. The fourth-order valence-electron chi connectivity index (χ4n) is 2.98. The van der Waals surface area contributed by atoms with Gasteiger partial charge in [0.2, 0.25) is 0 Å². The largest absolute Gasteiger partial charge is 0.463 e. The quantitative estimate of drug-likeness (QED) is 0.424. The molecule has 0 aliphatic carbocycles. The summed E-state index contributed by atoms with van der Waals surface area (Å²) < 4.78 is 43.6. The monoisotopic (exact) mass is 459 g/mol.